The Morgan fingerprint density at radius 2 is 1.52 bits per heavy atom. The van der Waals surface area contributed by atoms with E-state index in [2.05, 4.69) is 26.7 Å². The van der Waals surface area contributed by atoms with E-state index in [1.165, 1.54) is 0 Å². The first-order valence-electron chi connectivity index (χ1n) is 7.78. The molecular weight excluding hydrogens is 312 g/mol. The van der Waals surface area contributed by atoms with Crippen molar-refractivity contribution in [2.45, 2.75) is 0 Å². The minimum atomic E-state index is 0.337. The summed E-state index contributed by atoms with van der Waals surface area (Å²) in [7, 11) is 0. The van der Waals surface area contributed by atoms with Gasteiger partial charge < -0.3 is 4.42 Å². The van der Waals surface area contributed by atoms with Gasteiger partial charge in [-0.05, 0) is 17.7 Å². The second-order valence-corrected chi connectivity index (χ2v) is 5.36. The Kier molecular flexibility index (Phi) is 3.88. The molecule has 0 N–H and O–H groups in total. The molecule has 2 heterocycles. The van der Waals surface area contributed by atoms with Crippen molar-refractivity contribution in [3.63, 3.8) is 0 Å². The number of rotatable bonds is 4. The van der Waals surface area contributed by atoms with Crippen molar-refractivity contribution in [2.24, 2.45) is 0 Å². The predicted octanol–water partition coefficient (Wildman–Crippen LogP) is 4.50. The van der Waals surface area contributed by atoms with Gasteiger partial charge in [0.05, 0.1) is 18.1 Å². The fraction of sp³-hybridized carbons (Fsp3) is 0. The van der Waals surface area contributed by atoms with Crippen LogP contribution in [0.4, 0.5) is 0 Å². The zero-order valence-corrected chi connectivity index (χ0v) is 13.3. The lowest BCUT2D eigenvalue weighted by Crippen LogP contribution is -1.92. The Balaban J connectivity index is 1.73. The third-order valence-corrected chi connectivity index (χ3v) is 3.76. The van der Waals surface area contributed by atoms with Crippen LogP contribution in [0.3, 0.4) is 0 Å². The van der Waals surface area contributed by atoms with Crippen LogP contribution in [0, 0.1) is 0 Å². The molecular formula is C20H14N4O. The van der Waals surface area contributed by atoms with Crippen LogP contribution in [-0.4, -0.2) is 20.2 Å². The monoisotopic (exact) mass is 326 g/mol. The van der Waals surface area contributed by atoms with Gasteiger partial charge in [-0.2, -0.15) is 0 Å². The number of benzene rings is 2. The highest BCUT2D eigenvalue weighted by Gasteiger charge is 2.13. The molecule has 4 rings (SSSR count). The maximum Gasteiger partial charge on any atom is 0.268 e. The van der Waals surface area contributed by atoms with E-state index in [-0.39, 0.29) is 0 Å². The lowest BCUT2D eigenvalue weighted by molar-refractivity contribution is 0.582. The molecule has 25 heavy (non-hydrogen) atoms. The van der Waals surface area contributed by atoms with E-state index in [0.717, 1.165) is 22.4 Å². The molecule has 2 aromatic carbocycles. The molecule has 2 aromatic heterocycles. The summed E-state index contributed by atoms with van der Waals surface area (Å²) in [5.74, 6) is 0.790. The Labute approximate surface area is 144 Å². The molecule has 0 spiro atoms. The molecule has 0 saturated heterocycles. The highest BCUT2D eigenvalue weighted by molar-refractivity contribution is 5.72. The van der Waals surface area contributed by atoms with Crippen LogP contribution in [0.25, 0.3) is 40.4 Å². The van der Waals surface area contributed by atoms with Gasteiger partial charge in [0, 0.05) is 11.1 Å². The van der Waals surface area contributed by atoms with Crippen LogP contribution in [0.1, 0.15) is 5.56 Å². The third kappa shape index (κ3) is 2.95. The summed E-state index contributed by atoms with van der Waals surface area (Å²) in [6, 6.07) is 17.5. The average molecular weight is 326 g/mol. The third-order valence-electron chi connectivity index (χ3n) is 3.76. The maximum atomic E-state index is 5.76. The van der Waals surface area contributed by atoms with Gasteiger partial charge in [0.1, 0.15) is 5.69 Å². The molecule has 0 saturated carbocycles. The first kappa shape index (κ1) is 15.0. The smallest absolute Gasteiger partial charge is 0.268 e. The van der Waals surface area contributed by atoms with E-state index in [1.807, 2.05) is 54.6 Å². The summed E-state index contributed by atoms with van der Waals surface area (Å²) in [5, 5.41) is 8.20. The molecule has 0 unspecified atom stereocenters. The second kappa shape index (κ2) is 6.49. The zero-order valence-electron chi connectivity index (χ0n) is 13.3. The number of hydrogen-bond acceptors (Lipinski definition) is 5. The Morgan fingerprint density at radius 1 is 0.800 bits per heavy atom. The molecule has 0 amide bonds. The van der Waals surface area contributed by atoms with E-state index >= 15 is 0 Å². The molecule has 5 heteroatoms. The number of hydrogen-bond donors (Lipinski definition) is 0. The van der Waals surface area contributed by atoms with Crippen LogP contribution in [0.5, 0.6) is 0 Å². The molecule has 0 fully saturated rings. The summed E-state index contributed by atoms with van der Waals surface area (Å²) < 4.78 is 5.76. The normalized spacial score (nSPS) is 10.6. The van der Waals surface area contributed by atoms with Gasteiger partial charge in [-0.15, -0.1) is 10.2 Å². The van der Waals surface area contributed by atoms with Gasteiger partial charge in [0.2, 0.25) is 5.89 Å². The minimum Gasteiger partial charge on any atom is -0.415 e. The van der Waals surface area contributed by atoms with Crippen LogP contribution < -0.4 is 0 Å². The van der Waals surface area contributed by atoms with E-state index in [4.69, 9.17) is 4.42 Å². The van der Waals surface area contributed by atoms with E-state index in [0.29, 0.717) is 17.5 Å². The van der Waals surface area contributed by atoms with Crippen molar-refractivity contribution in [1.82, 2.24) is 20.2 Å². The highest BCUT2D eigenvalue weighted by Crippen LogP contribution is 2.26. The second-order valence-electron chi connectivity index (χ2n) is 5.36. The number of aromatic nitrogens is 4. The number of nitrogens with zero attached hydrogens (tertiary/aromatic N) is 4. The quantitative estimate of drug-likeness (QED) is 0.552. The van der Waals surface area contributed by atoms with Crippen LogP contribution in [0.2, 0.25) is 0 Å². The Morgan fingerprint density at radius 3 is 2.36 bits per heavy atom. The minimum absolute atomic E-state index is 0.337. The van der Waals surface area contributed by atoms with E-state index < -0.39 is 0 Å². The summed E-state index contributed by atoms with van der Waals surface area (Å²) in [6.45, 7) is 3.85. The van der Waals surface area contributed by atoms with Crippen molar-refractivity contribution < 1.29 is 4.42 Å². The molecule has 0 aliphatic carbocycles. The fourth-order valence-corrected chi connectivity index (χ4v) is 2.53. The summed E-state index contributed by atoms with van der Waals surface area (Å²) in [5.41, 5.74) is 4.07. The van der Waals surface area contributed by atoms with Gasteiger partial charge in [0.25, 0.3) is 5.89 Å². The van der Waals surface area contributed by atoms with Gasteiger partial charge in [-0.25, -0.2) is 4.98 Å². The van der Waals surface area contributed by atoms with Gasteiger partial charge in [-0.3, -0.25) is 4.98 Å². The van der Waals surface area contributed by atoms with Crippen LogP contribution in [0.15, 0.2) is 78.0 Å². The van der Waals surface area contributed by atoms with Gasteiger partial charge in [0.15, 0.2) is 0 Å². The van der Waals surface area contributed by atoms with E-state index in [1.54, 1.807) is 18.5 Å². The molecule has 5 nitrogen and oxygen atoms in total. The summed E-state index contributed by atoms with van der Waals surface area (Å²) in [6.07, 6.45) is 5.12. The molecule has 0 atom stereocenters. The SMILES string of the molecule is C=Cc1ccccc1-c1cncc(-c2nnc(-c3ccccc3)o2)n1. The molecule has 0 aliphatic rings. The topological polar surface area (TPSA) is 64.7 Å². The molecule has 0 aliphatic heterocycles. The van der Waals surface area contributed by atoms with E-state index in [9.17, 15) is 0 Å². The van der Waals surface area contributed by atoms with Crippen molar-refractivity contribution in [3.8, 4) is 34.3 Å². The highest BCUT2D eigenvalue weighted by atomic mass is 16.4. The van der Waals surface area contributed by atoms with Gasteiger partial charge in [-0.1, -0.05) is 55.1 Å². The van der Waals surface area contributed by atoms with Crippen LogP contribution >= 0.6 is 0 Å². The lowest BCUT2D eigenvalue weighted by atomic mass is 10.1. The summed E-state index contributed by atoms with van der Waals surface area (Å²) >= 11 is 0. The van der Waals surface area contributed by atoms with Gasteiger partial charge >= 0.3 is 0 Å². The fourth-order valence-electron chi connectivity index (χ4n) is 2.53. The van der Waals surface area contributed by atoms with Crippen molar-refractivity contribution >= 4 is 6.08 Å². The van der Waals surface area contributed by atoms with Crippen molar-refractivity contribution in [1.29, 1.82) is 0 Å². The Hall–Kier alpha value is -3.60. The maximum absolute atomic E-state index is 5.76. The molecule has 0 radical (unpaired) electrons. The largest absolute Gasteiger partial charge is 0.415 e. The van der Waals surface area contributed by atoms with Crippen LogP contribution in [-0.2, 0) is 0 Å². The molecule has 0 bridgehead atoms. The van der Waals surface area contributed by atoms with Crippen molar-refractivity contribution in [3.05, 3.63) is 79.1 Å². The summed E-state index contributed by atoms with van der Waals surface area (Å²) in [4.78, 5) is 8.89. The average Bonchev–Trinajstić information content (AvgIpc) is 3.19. The standard InChI is InChI=1S/C20H14N4O/c1-2-14-8-6-7-11-16(14)17-12-21-13-18(22-17)20-24-23-19(25-20)15-9-4-3-5-10-15/h2-13H,1H2. The first-order valence-corrected chi connectivity index (χ1v) is 7.78. The molecule has 120 valence electrons. The zero-order chi connectivity index (χ0) is 17.1. The predicted molar refractivity (Wildman–Crippen MR) is 96.3 cm³/mol. The first-order chi connectivity index (χ1) is 12.3. The Bertz CT molecular complexity index is 1020. The lowest BCUT2D eigenvalue weighted by Gasteiger charge is -2.05. The molecule has 4 aromatic rings. The van der Waals surface area contributed by atoms with Crippen molar-refractivity contribution in [2.75, 3.05) is 0 Å².